The summed E-state index contributed by atoms with van der Waals surface area (Å²) in [6.07, 6.45) is -6.48. The number of rotatable bonds is 6. The van der Waals surface area contributed by atoms with Gasteiger partial charge in [-0.25, -0.2) is 23.4 Å². The van der Waals surface area contributed by atoms with Gasteiger partial charge in [0.2, 0.25) is 0 Å². The predicted molar refractivity (Wildman–Crippen MR) is 197 cm³/mol. The van der Waals surface area contributed by atoms with Crippen molar-refractivity contribution >= 4 is 55.5 Å². The van der Waals surface area contributed by atoms with Gasteiger partial charge in [0.25, 0.3) is 0 Å². The van der Waals surface area contributed by atoms with Crippen LogP contribution in [0.2, 0.25) is 0 Å². The Hall–Kier alpha value is -5.09. The molecule has 0 spiro atoms. The number of carboxylic acid groups (broad SMARTS) is 1. The topological polar surface area (TPSA) is 157 Å². The first-order valence-electron chi connectivity index (χ1n) is 18.0. The Morgan fingerprint density at radius 3 is 2.54 bits per heavy atom. The number of benzene rings is 1. The molecule has 298 valence electrons. The Bertz CT molecular complexity index is 2280. The molecule has 2 unspecified atom stereocenters. The highest BCUT2D eigenvalue weighted by Crippen LogP contribution is 2.47. The average molecular weight is 803 g/mol. The molecule has 56 heavy (non-hydrogen) atoms. The number of nitrogens with zero attached hydrogens (tertiary/aromatic N) is 7. The van der Waals surface area contributed by atoms with E-state index in [0.717, 1.165) is 24.6 Å². The predicted octanol–water partition coefficient (Wildman–Crippen LogP) is 7.82. The zero-order valence-corrected chi connectivity index (χ0v) is 31.9. The van der Waals surface area contributed by atoms with Crippen LogP contribution >= 0.6 is 11.3 Å². The van der Waals surface area contributed by atoms with Gasteiger partial charge in [-0.1, -0.05) is 6.07 Å². The molecule has 0 radical (unpaired) electrons. The molecule has 0 bridgehead atoms. The van der Waals surface area contributed by atoms with Crippen LogP contribution in [0.5, 0.6) is 6.01 Å². The van der Waals surface area contributed by atoms with Crippen LogP contribution < -0.4 is 15.0 Å². The summed E-state index contributed by atoms with van der Waals surface area (Å²) >= 11 is 0.667. The number of amides is 2. The number of aromatic nitrogens is 3. The number of hydrogen-bond donors (Lipinski definition) is 2. The molecule has 6 heterocycles. The highest BCUT2D eigenvalue weighted by molar-refractivity contribution is 7.23. The summed E-state index contributed by atoms with van der Waals surface area (Å²) in [5.41, 5.74) is -4.25. The smallest absolute Gasteiger partial charge is 0.433 e. The number of nitrogens with one attached hydrogen (secondary N) is 1. The number of hydrogen-bond acceptors (Lipinski definition) is 11. The Kier molecular flexibility index (Phi) is 9.88. The lowest BCUT2D eigenvalue weighted by atomic mass is 9.95. The fourth-order valence-electron chi connectivity index (χ4n) is 8.03. The van der Waals surface area contributed by atoms with Crippen LogP contribution in [0, 0.1) is 17.1 Å². The van der Waals surface area contributed by atoms with Crippen LogP contribution in [0.4, 0.5) is 42.4 Å². The van der Waals surface area contributed by atoms with Crippen molar-refractivity contribution in [1.29, 1.82) is 5.26 Å². The van der Waals surface area contributed by atoms with Gasteiger partial charge >= 0.3 is 24.4 Å². The third kappa shape index (κ3) is 7.20. The lowest BCUT2D eigenvalue weighted by molar-refractivity contribution is -0.140. The Balaban J connectivity index is 1.41. The maximum absolute atomic E-state index is 15.4. The van der Waals surface area contributed by atoms with Crippen molar-refractivity contribution in [2.24, 2.45) is 0 Å². The molecule has 4 aromatic rings. The summed E-state index contributed by atoms with van der Waals surface area (Å²) in [4.78, 5) is 42.8. The molecular weight excluding hydrogens is 764 g/mol. The van der Waals surface area contributed by atoms with E-state index in [1.807, 2.05) is 11.0 Å². The Labute approximate surface area is 322 Å². The van der Waals surface area contributed by atoms with Gasteiger partial charge < -0.3 is 24.4 Å². The average Bonchev–Trinajstić information content (AvgIpc) is 3.76. The van der Waals surface area contributed by atoms with Crippen molar-refractivity contribution < 1.29 is 46.1 Å². The number of piperazine rings is 1. The number of alkyl halides is 4. The minimum absolute atomic E-state index is 0.0146. The van der Waals surface area contributed by atoms with E-state index in [-0.39, 0.29) is 81.7 Å². The number of carbonyl (C=O) groups excluding carboxylic acids is 1. The lowest BCUT2D eigenvalue weighted by Crippen LogP contribution is -2.58. The standard InChI is InChI=1S/C37H39F5N8O5S/c1-18-15-50(34(52)53)19(2)14-49(18)30-27-25(44-32(46-30)54-17-36-9-6-10-48(36)16-20(38)12-36)11-22(29(45-27)37(40,41)42)21-7-8-24(39)28-26(21)23(13-43)31(56-28)47-33(51)55-35(3,4)5/h7-8,11,18-20H,6,9-10,12,14-17H2,1-5H3,(H,47,51)(H,52,53)/t18?,19?,20-,36+/m1/s1. The molecular formula is C37H39F5N8O5S. The minimum atomic E-state index is -5.09. The van der Waals surface area contributed by atoms with Gasteiger partial charge in [-0.3, -0.25) is 10.2 Å². The molecule has 3 fully saturated rings. The molecule has 7 rings (SSSR count). The number of nitriles is 1. The first kappa shape index (κ1) is 39.2. The van der Waals surface area contributed by atoms with E-state index >= 15 is 17.6 Å². The number of ether oxygens (including phenoxy) is 2. The Morgan fingerprint density at radius 2 is 1.86 bits per heavy atom. The minimum Gasteiger partial charge on any atom is -0.465 e. The first-order chi connectivity index (χ1) is 26.3. The highest BCUT2D eigenvalue weighted by atomic mass is 32.1. The molecule has 4 atom stereocenters. The molecule has 3 saturated heterocycles. The zero-order chi connectivity index (χ0) is 40.5. The molecule has 1 aromatic carbocycles. The van der Waals surface area contributed by atoms with Crippen molar-refractivity contribution in [3.63, 3.8) is 0 Å². The van der Waals surface area contributed by atoms with Gasteiger partial charge in [0, 0.05) is 49.1 Å². The summed E-state index contributed by atoms with van der Waals surface area (Å²) in [6.45, 7) is 9.27. The van der Waals surface area contributed by atoms with Crippen molar-refractivity contribution in [2.75, 3.05) is 43.0 Å². The SMILES string of the molecule is CC1CN(c2nc(OC[C@@]34CCCN3C[C@H](F)C4)nc3cc(-c4ccc(F)c5sc(NC(=O)OC(C)(C)C)c(C#N)c45)c(C(F)(F)F)nc23)C(C)CN1C(=O)O. The lowest BCUT2D eigenvalue weighted by Gasteiger charge is -2.43. The summed E-state index contributed by atoms with van der Waals surface area (Å²) in [6, 6.07) is 3.77. The van der Waals surface area contributed by atoms with Crippen LogP contribution in [-0.4, -0.2) is 104 Å². The second kappa shape index (κ2) is 14.1. The van der Waals surface area contributed by atoms with Crippen LogP contribution in [-0.2, 0) is 10.9 Å². The molecule has 3 aliphatic rings. The third-order valence-electron chi connectivity index (χ3n) is 10.4. The van der Waals surface area contributed by atoms with E-state index in [4.69, 9.17) is 9.47 Å². The summed E-state index contributed by atoms with van der Waals surface area (Å²) in [5, 5.41) is 22.1. The maximum atomic E-state index is 15.4. The number of halogens is 5. The Morgan fingerprint density at radius 1 is 1.11 bits per heavy atom. The van der Waals surface area contributed by atoms with Crippen molar-refractivity contribution in [3.05, 3.63) is 35.3 Å². The fraction of sp³-hybridized carbons (Fsp3) is 0.514. The molecule has 3 aromatic heterocycles. The van der Waals surface area contributed by atoms with Crippen LogP contribution in [0.25, 0.3) is 32.2 Å². The zero-order valence-electron chi connectivity index (χ0n) is 31.1. The number of anilines is 2. The quantitative estimate of drug-likeness (QED) is 0.183. The molecule has 19 heteroatoms. The number of carbonyl (C=O) groups is 2. The molecule has 3 aliphatic heterocycles. The summed E-state index contributed by atoms with van der Waals surface area (Å²) < 4.78 is 86.8. The first-order valence-corrected chi connectivity index (χ1v) is 18.8. The van der Waals surface area contributed by atoms with E-state index in [1.54, 1.807) is 39.5 Å². The fourth-order valence-corrected chi connectivity index (χ4v) is 9.10. The van der Waals surface area contributed by atoms with Crippen molar-refractivity contribution in [2.45, 2.75) is 89.5 Å². The summed E-state index contributed by atoms with van der Waals surface area (Å²) in [5.74, 6) is -0.861. The van der Waals surface area contributed by atoms with Gasteiger partial charge in [0.05, 0.1) is 21.3 Å². The van der Waals surface area contributed by atoms with Crippen LogP contribution in [0.1, 0.15) is 65.1 Å². The number of fused-ring (bicyclic) bond motifs is 3. The van der Waals surface area contributed by atoms with Crippen LogP contribution in [0.15, 0.2) is 18.2 Å². The van der Waals surface area contributed by atoms with E-state index in [1.165, 1.54) is 4.90 Å². The molecule has 2 amide bonds. The highest BCUT2D eigenvalue weighted by Gasteiger charge is 2.49. The van der Waals surface area contributed by atoms with E-state index in [9.17, 15) is 24.3 Å². The summed E-state index contributed by atoms with van der Waals surface area (Å²) in [7, 11) is 0. The molecule has 13 nitrogen and oxygen atoms in total. The second-order valence-electron chi connectivity index (χ2n) is 15.6. The van der Waals surface area contributed by atoms with Gasteiger partial charge in [0.1, 0.15) is 40.8 Å². The normalized spacial score (nSPS) is 23.1. The molecule has 0 saturated carbocycles. The molecule has 2 N–H and O–H groups in total. The van der Waals surface area contributed by atoms with Crippen molar-refractivity contribution in [1.82, 2.24) is 24.8 Å². The maximum Gasteiger partial charge on any atom is 0.433 e. The number of thiophene rings is 1. The molecule has 0 aliphatic carbocycles. The van der Waals surface area contributed by atoms with Crippen molar-refractivity contribution in [3.8, 4) is 23.2 Å². The second-order valence-corrected chi connectivity index (χ2v) is 16.6. The number of pyridine rings is 1. The van der Waals surface area contributed by atoms with E-state index in [2.05, 4.69) is 20.3 Å². The van der Waals surface area contributed by atoms with Gasteiger partial charge in [0.15, 0.2) is 11.5 Å². The van der Waals surface area contributed by atoms with Gasteiger partial charge in [-0.15, -0.1) is 11.3 Å². The van der Waals surface area contributed by atoms with Gasteiger partial charge in [-0.05, 0) is 71.7 Å². The van der Waals surface area contributed by atoms with E-state index in [0.29, 0.717) is 24.3 Å². The van der Waals surface area contributed by atoms with Gasteiger partial charge in [-0.2, -0.15) is 28.4 Å². The van der Waals surface area contributed by atoms with E-state index < -0.39 is 64.8 Å². The third-order valence-corrected chi connectivity index (χ3v) is 11.6. The van der Waals surface area contributed by atoms with Crippen LogP contribution in [0.3, 0.4) is 0 Å². The monoisotopic (exact) mass is 802 g/mol. The largest absolute Gasteiger partial charge is 0.465 e.